The lowest BCUT2D eigenvalue weighted by atomic mass is 10.2. The maximum absolute atomic E-state index is 5.27. The molecule has 0 unspecified atom stereocenters. The number of hydrogen-bond donors (Lipinski definition) is 0. The van der Waals surface area contributed by atoms with Gasteiger partial charge in [-0.2, -0.15) is 0 Å². The number of hydrogen-bond acceptors (Lipinski definition) is 4. The van der Waals surface area contributed by atoms with Crippen molar-refractivity contribution in [2.45, 2.75) is 18.9 Å². The summed E-state index contributed by atoms with van der Waals surface area (Å²) in [5, 5.41) is 1.13. The van der Waals surface area contributed by atoms with Gasteiger partial charge in [-0.1, -0.05) is 0 Å². The SMILES string of the molecule is COc1ccc2nc(N3CCN(C4CC4)CC3)ccc2c1.Cl.Cl. The fourth-order valence-electron chi connectivity index (χ4n) is 3.15. The van der Waals surface area contributed by atoms with E-state index in [2.05, 4.69) is 21.9 Å². The molecule has 4 nitrogen and oxygen atoms in total. The summed E-state index contributed by atoms with van der Waals surface area (Å²) in [7, 11) is 1.70. The Morgan fingerprint density at radius 1 is 1.00 bits per heavy atom. The minimum absolute atomic E-state index is 0. The van der Waals surface area contributed by atoms with E-state index < -0.39 is 0 Å². The molecule has 1 aliphatic heterocycles. The minimum atomic E-state index is 0. The molecule has 0 atom stereocenters. The molecule has 23 heavy (non-hydrogen) atoms. The van der Waals surface area contributed by atoms with E-state index in [1.165, 1.54) is 25.9 Å². The third-order valence-electron chi connectivity index (χ3n) is 4.58. The highest BCUT2D eigenvalue weighted by molar-refractivity contribution is 5.85. The summed E-state index contributed by atoms with van der Waals surface area (Å²) >= 11 is 0. The molecule has 2 heterocycles. The summed E-state index contributed by atoms with van der Waals surface area (Å²) < 4.78 is 5.27. The highest BCUT2D eigenvalue weighted by Crippen LogP contribution is 2.28. The van der Waals surface area contributed by atoms with Crippen LogP contribution in [0.15, 0.2) is 30.3 Å². The molecule has 4 rings (SSSR count). The van der Waals surface area contributed by atoms with Crippen LogP contribution in [-0.4, -0.2) is 49.2 Å². The number of benzene rings is 1. The van der Waals surface area contributed by atoms with E-state index in [1.54, 1.807) is 7.11 Å². The first kappa shape index (κ1) is 18.1. The number of anilines is 1. The summed E-state index contributed by atoms with van der Waals surface area (Å²) in [4.78, 5) is 9.84. The molecule has 1 aromatic carbocycles. The van der Waals surface area contributed by atoms with Crippen LogP contribution < -0.4 is 9.64 Å². The van der Waals surface area contributed by atoms with Gasteiger partial charge < -0.3 is 9.64 Å². The maximum Gasteiger partial charge on any atom is 0.129 e. The second kappa shape index (κ2) is 7.56. The van der Waals surface area contributed by atoms with E-state index in [-0.39, 0.29) is 24.8 Å². The molecule has 1 saturated heterocycles. The lowest BCUT2D eigenvalue weighted by molar-refractivity contribution is 0.247. The van der Waals surface area contributed by atoms with Crippen LogP contribution in [0.3, 0.4) is 0 Å². The summed E-state index contributed by atoms with van der Waals surface area (Å²) in [6, 6.07) is 11.2. The molecule has 2 aliphatic rings. The molecule has 6 heteroatoms. The highest BCUT2D eigenvalue weighted by Gasteiger charge is 2.31. The molecule has 0 spiro atoms. The first-order valence-corrected chi connectivity index (χ1v) is 7.77. The molecule has 0 bridgehead atoms. The molecule has 126 valence electrons. The number of piperazine rings is 1. The van der Waals surface area contributed by atoms with Gasteiger partial charge in [-0.05, 0) is 43.2 Å². The Labute approximate surface area is 149 Å². The van der Waals surface area contributed by atoms with E-state index in [0.29, 0.717) is 0 Å². The fourth-order valence-corrected chi connectivity index (χ4v) is 3.15. The van der Waals surface area contributed by atoms with Crippen LogP contribution in [0.2, 0.25) is 0 Å². The van der Waals surface area contributed by atoms with Gasteiger partial charge in [0.05, 0.1) is 12.6 Å². The number of ether oxygens (including phenoxy) is 1. The molecule has 0 radical (unpaired) electrons. The second-order valence-corrected chi connectivity index (χ2v) is 5.98. The fraction of sp³-hybridized carbons (Fsp3) is 0.471. The van der Waals surface area contributed by atoms with Crippen molar-refractivity contribution in [1.82, 2.24) is 9.88 Å². The smallest absolute Gasteiger partial charge is 0.129 e. The zero-order valence-corrected chi connectivity index (χ0v) is 14.9. The second-order valence-electron chi connectivity index (χ2n) is 5.98. The Hall–Kier alpha value is -1.23. The van der Waals surface area contributed by atoms with Gasteiger partial charge in [0.2, 0.25) is 0 Å². The summed E-state index contributed by atoms with van der Waals surface area (Å²) in [6.45, 7) is 4.52. The number of methoxy groups -OCH3 is 1. The normalized spacial score (nSPS) is 18.2. The molecule has 1 saturated carbocycles. The van der Waals surface area contributed by atoms with Crippen LogP contribution in [0.5, 0.6) is 5.75 Å². The zero-order valence-electron chi connectivity index (χ0n) is 13.3. The number of aromatic nitrogens is 1. The van der Waals surface area contributed by atoms with Gasteiger partial charge in [0.1, 0.15) is 11.6 Å². The molecular formula is C17H23Cl2N3O. The van der Waals surface area contributed by atoms with Crippen LogP contribution in [0.25, 0.3) is 10.9 Å². The standard InChI is InChI=1S/C17H21N3O.2ClH/c1-21-15-5-6-16-13(12-15)2-7-17(18-16)20-10-8-19(9-11-20)14-3-4-14;;/h2,5-7,12,14H,3-4,8-11H2,1H3;2*1H. The van der Waals surface area contributed by atoms with Crippen molar-refractivity contribution >= 4 is 41.5 Å². The Kier molecular flexibility index (Phi) is 5.95. The predicted octanol–water partition coefficient (Wildman–Crippen LogP) is 3.37. The van der Waals surface area contributed by atoms with Crippen LogP contribution in [0.4, 0.5) is 5.82 Å². The Balaban J connectivity index is 0.000000960. The highest BCUT2D eigenvalue weighted by atomic mass is 35.5. The Morgan fingerprint density at radius 2 is 1.74 bits per heavy atom. The van der Waals surface area contributed by atoms with Crippen molar-refractivity contribution in [1.29, 1.82) is 0 Å². The third-order valence-corrected chi connectivity index (χ3v) is 4.58. The third kappa shape index (κ3) is 3.82. The van der Waals surface area contributed by atoms with Gasteiger partial charge in [-0.15, -0.1) is 24.8 Å². The minimum Gasteiger partial charge on any atom is -0.497 e. The number of fused-ring (bicyclic) bond motifs is 1. The molecule has 1 aliphatic carbocycles. The molecule has 1 aromatic heterocycles. The number of nitrogens with zero attached hydrogens (tertiary/aromatic N) is 3. The summed E-state index contributed by atoms with van der Waals surface area (Å²) in [5.74, 6) is 1.98. The van der Waals surface area contributed by atoms with Gasteiger partial charge in [0.25, 0.3) is 0 Å². The summed E-state index contributed by atoms with van der Waals surface area (Å²) in [5.41, 5.74) is 1.04. The van der Waals surface area contributed by atoms with E-state index in [1.807, 2.05) is 18.2 Å². The molecule has 0 N–H and O–H groups in total. The van der Waals surface area contributed by atoms with Crippen LogP contribution in [-0.2, 0) is 0 Å². The van der Waals surface area contributed by atoms with Crippen LogP contribution in [0.1, 0.15) is 12.8 Å². The predicted molar refractivity (Wildman–Crippen MR) is 99.6 cm³/mol. The largest absolute Gasteiger partial charge is 0.497 e. The van der Waals surface area contributed by atoms with E-state index in [4.69, 9.17) is 9.72 Å². The van der Waals surface area contributed by atoms with E-state index in [0.717, 1.165) is 41.6 Å². The Bertz CT molecular complexity index is 655. The van der Waals surface area contributed by atoms with E-state index >= 15 is 0 Å². The Morgan fingerprint density at radius 3 is 2.39 bits per heavy atom. The topological polar surface area (TPSA) is 28.6 Å². The number of rotatable bonds is 3. The van der Waals surface area contributed by atoms with Gasteiger partial charge in [0, 0.05) is 37.6 Å². The van der Waals surface area contributed by atoms with Gasteiger partial charge in [0.15, 0.2) is 0 Å². The maximum atomic E-state index is 5.27. The quantitative estimate of drug-likeness (QED) is 0.843. The first-order chi connectivity index (χ1) is 10.3. The zero-order chi connectivity index (χ0) is 14.2. The molecule has 0 amide bonds. The average Bonchev–Trinajstić information content (AvgIpc) is 3.39. The number of halogens is 2. The van der Waals surface area contributed by atoms with Gasteiger partial charge >= 0.3 is 0 Å². The van der Waals surface area contributed by atoms with Crippen molar-refractivity contribution in [2.75, 3.05) is 38.2 Å². The van der Waals surface area contributed by atoms with Crippen molar-refractivity contribution in [3.05, 3.63) is 30.3 Å². The van der Waals surface area contributed by atoms with Gasteiger partial charge in [-0.3, -0.25) is 4.90 Å². The first-order valence-electron chi connectivity index (χ1n) is 7.77. The van der Waals surface area contributed by atoms with Crippen molar-refractivity contribution in [3.8, 4) is 5.75 Å². The lowest BCUT2D eigenvalue weighted by Crippen LogP contribution is -2.47. The molecule has 2 aromatic rings. The van der Waals surface area contributed by atoms with Gasteiger partial charge in [-0.25, -0.2) is 4.98 Å². The van der Waals surface area contributed by atoms with E-state index in [9.17, 15) is 0 Å². The summed E-state index contributed by atoms with van der Waals surface area (Å²) in [6.07, 6.45) is 2.80. The number of pyridine rings is 1. The average molecular weight is 356 g/mol. The molecule has 2 fully saturated rings. The van der Waals surface area contributed by atoms with Crippen molar-refractivity contribution in [2.24, 2.45) is 0 Å². The van der Waals surface area contributed by atoms with Crippen molar-refractivity contribution < 1.29 is 4.74 Å². The lowest BCUT2D eigenvalue weighted by Gasteiger charge is -2.35. The van der Waals surface area contributed by atoms with Crippen LogP contribution >= 0.6 is 24.8 Å². The molecular weight excluding hydrogens is 333 g/mol. The van der Waals surface area contributed by atoms with Crippen LogP contribution in [0, 0.1) is 0 Å². The monoisotopic (exact) mass is 355 g/mol. The van der Waals surface area contributed by atoms with Crippen molar-refractivity contribution in [3.63, 3.8) is 0 Å².